The molecule has 1 N–H and O–H groups in total. The average molecular weight is 528 g/mol. The Bertz CT molecular complexity index is 1130. The van der Waals surface area contributed by atoms with Crippen molar-refractivity contribution in [3.63, 3.8) is 0 Å². The van der Waals surface area contributed by atoms with E-state index in [0.29, 0.717) is 18.0 Å². The van der Waals surface area contributed by atoms with Gasteiger partial charge in [-0.05, 0) is 69.5 Å². The Balaban J connectivity index is 1.49. The number of urea groups is 1. The molecule has 0 aromatic heterocycles. The van der Waals surface area contributed by atoms with E-state index < -0.39 is 11.9 Å². The van der Waals surface area contributed by atoms with Gasteiger partial charge in [0.25, 0.3) is 5.91 Å². The summed E-state index contributed by atoms with van der Waals surface area (Å²) >= 11 is 6.93. The van der Waals surface area contributed by atoms with Crippen LogP contribution in [0.4, 0.5) is 10.5 Å². The second kappa shape index (κ2) is 8.85. The van der Waals surface area contributed by atoms with E-state index in [0.717, 1.165) is 25.0 Å². The molecule has 1 heterocycles. The highest BCUT2D eigenvalue weighted by Crippen LogP contribution is 2.29. The van der Waals surface area contributed by atoms with Crippen molar-refractivity contribution in [3.8, 4) is 5.75 Å². The van der Waals surface area contributed by atoms with Gasteiger partial charge in [0.1, 0.15) is 18.1 Å². The predicted molar refractivity (Wildman–Crippen MR) is 123 cm³/mol. The lowest BCUT2D eigenvalue weighted by molar-refractivity contribution is -0.113. The van der Waals surface area contributed by atoms with Crippen molar-refractivity contribution in [2.75, 3.05) is 4.90 Å². The van der Waals surface area contributed by atoms with Gasteiger partial charge in [-0.15, -0.1) is 0 Å². The summed E-state index contributed by atoms with van der Waals surface area (Å²) in [6, 6.07) is 21.8. The summed E-state index contributed by atoms with van der Waals surface area (Å²) in [5.74, 6) is 0.297. The number of rotatable bonds is 5. The van der Waals surface area contributed by atoms with Crippen LogP contribution in [0.25, 0.3) is 6.08 Å². The molecule has 1 fully saturated rings. The zero-order chi connectivity index (χ0) is 21.1. The number of halogens is 2. The Kier molecular flexibility index (Phi) is 6.01. The summed E-state index contributed by atoms with van der Waals surface area (Å²) in [4.78, 5) is 26.1. The van der Waals surface area contributed by atoms with Crippen molar-refractivity contribution < 1.29 is 14.3 Å². The first-order valence-electron chi connectivity index (χ1n) is 9.10. The molecule has 1 aliphatic rings. The van der Waals surface area contributed by atoms with E-state index in [2.05, 4.69) is 37.2 Å². The second-order valence-corrected chi connectivity index (χ2v) is 8.34. The third-order valence-corrected chi connectivity index (χ3v) is 5.62. The molecule has 30 heavy (non-hydrogen) atoms. The molecule has 0 atom stereocenters. The van der Waals surface area contributed by atoms with Crippen molar-refractivity contribution in [2.45, 2.75) is 6.61 Å². The molecule has 3 amide bonds. The number of hydrogen-bond donors (Lipinski definition) is 1. The van der Waals surface area contributed by atoms with Gasteiger partial charge < -0.3 is 10.1 Å². The number of anilines is 1. The van der Waals surface area contributed by atoms with E-state index >= 15 is 0 Å². The number of ether oxygens (including phenoxy) is 1. The van der Waals surface area contributed by atoms with E-state index in [4.69, 9.17) is 4.74 Å². The van der Waals surface area contributed by atoms with Crippen LogP contribution in [-0.2, 0) is 11.4 Å². The molecule has 3 aromatic carbocycles. The van der Waals surface area contributed by atoms with Crippen molar-refractivity contribution in [2.24, 2.45) is 0 Å². The lowest BCUT2D eigenvalue weighted by atomic mass is 10.1. The molecular formula is C23H16Br2N2O3. The topological polar surface area (TPSA) is 58.6 Å². The van der Waals surface area contributed by atoms with Crippen LogP contribution in [0, 0.1) is 0 Å². The van der Waals surface area contributed by atoms with Crippen LogP contribution < -0.4 is 15.0 Å². The number of amides is 3. The molecule has 150 valence electrons. The number of imide groups is 1. The highest BCUT2D eigenvalue weighted by atomic mass is 79.9. The number of nitrogens with one attached hydrogen (secondary N) is 1. The van der Waals surface area contributed by atoms with Gasteiger partial charge in [-0.25, -0.2) is 9.69 Å². The molecule has 3 aromatic rings. The lowest BCUT2D eigenvalue weighted by Crippen LogP contribution is -2.30. The van der Waals surface area contributed by atoms with Gasteiger partial charge in [-0.3, -0.25) is 4.79 Å². The number of carbonyl (C=O) groups is 2. The third kappa shape index (κ3) is 4.47. The SMILES string of the molecule is O=C1N/C(=C/c2ccc(OCc3ccc(Br)cc3)c(Br)c2)C(=O)N1c1ccccc1. The molecule has 0 bridgehead atoms. The highest BCUT2D eigenvalue weighted by molar-refractivity contribution is 9.10. The Morgan fingerprint density at radius 2 is 1.67 bits per heavy atom. The standard InChI is InChI=1S/C23H16Br2N2O3/c24-17-9-6-15(7-10-17)14-30-21-11-8-16(12-19(21)25)13-20-22(28)27(23(29)26-20)18-4-2-1-3-5-18/h1-13H,14H2,(H,26,29)/b20-13+. The fourth-order valence-electron chi connectivity index (χ4n) is 2.98. The van der Waals surface area contributed by atoms with Crippen molar-refractivity contribution in [1.82, 2.24) is 5.32 Å². The quantitative estimate of drug-likeness (QED) is 0.332. The maximum atomic E-state index is 12.7. The van der Waals surface area contributed by atoms with Gasteiger partial charge in [0, 0.05) is 4.47 Å². The minimum Gasteiger partial charge on any atom is -0.488 e. The Morgan fingerprint density at radius 1 is 0.933 bits per heavy atom. The maximum absolute atomic E-state index is 12.7. The lowest BCUT2D eigenvalue weighted by Gasteiger charge is -2.11. The summed E-state index contributed by atoms with van der Waals surface area (Å²) in [5, 5.41) is 2.63. The van der Waals surface area contributed by atoms with Gasteiger partial charge in [-0.1, -0.05) is 52.3 Å². The molecule has 5 nitrogen and oxygen atoms in total. The largest absolute Gasteiger partial charge is 0.488 e. The van der Waals surface area contributed by atoms with E-state index in [-0.39, 0.29) is 5.70 Å². The number of hydrogen-bond acceptors (Lipinski definition) is 3. The molecule has 1 saturated heterocycles. The zero-order valence-corrected chi connectivity index (χ0v) is 18.8. The number of para-hydroxylation sites is 1. The van der Waals surface area contributed by atoms with Crippen LogP contribution >= 0.6 is 31.9 Å². The molecule has 0 unspecified atom stereocenters. The summed E-state index contributed by atoms with van der Waals surface area (Å²) in [7, 11) is 0. The van der Waals surface area contributed by atoms with Crippen LogP contribution in [0.2, 0.25) is 0 Å². The molecule has 0 aliphatic carbocycles. The zero-order valence-electron chi connectivity index (χ0n) is 15.6. The van der Waals surface area contributed by atoms with Gasteiger partial charge >= 0.3 is 6.03 Å². The fraction of sp³-hybridized carbons (Fsp3) is 0.0435. The molecule has 0 radical (unpaired) electrons. The van der Waals surface area contributed by atoms with Crippen molar-refractivity contribution in [3.05, 3.63) is 98.6 Å². The van der Waals surface area contributed by atoms with Gasteiger partial charge in [0.2, 0.25) is 0 Å². The maximum Gasteiger partial charge on any atom is 0.333 e. The molecule has 7 heteroatoms. The average Bonchev–Trinajstić information content (AvgIpc) is 3.02. The van der Waals surface area contributed by atoms with Crippen LogP contribution in [0.3, 0.4) is 0 Å². The monoisotopic (exact) mass is 526 g/mol. The summed E-state index contributed by atoms with van der Waals surface area (Å²) in [6.07, 6.45) is 1.65. The van der Waals surface area contributed by atoms with Gasteiger partial charge in [-0.2, -0.15) is 0 Å². The predicted octanol–water partition coefficient (Wildman–Crippen LogP) is 5.89. The first kappa shape index (κ1) is 20.4. The van der Waals surface area contributed by atoms with Crippen molar-refractivity contribution in [1.29, 1.82) is 0 Å². The smallest absolute Gasteiger partial charge is 0.333 e. The van der Waals surface area contributed by atoms with Crippen LogP contribution in [0.1, 0.15) is 11.1 Å². The Morgan fingerprint density at radius 3 is 2.37 bits per heavy atom. The number of nitrogens with zero attached hydrogens (tertiary/aromatic N) is 1. The summed E-state index contributed by atoms with van der Waals surface area (Å²) in [5.41, 5.74) is 2.56. The Labute approximate surface area is 190 Å². The minimum atomic E-state index is -0.467. The van der Waals surface area contributed by atoms with Crippen LogP contribution in [0.5, 0.6) is 5.75 Å². The second-order valence-electron chi connectivity index (χ2n) is 6.57. The van der Waals surface area contributed by atoms with E-state index in [1.54, 1.807) is 30.3 Å². The number of benzene rings is 3. The Hall–Kier alpha value is -2.90. The van der Waals surface area contributed by atoms with E-state index in [1.165, 1.54) is 0 Å². The fourth-order valence-corrected chi connectivity index (χ4v) is 3.75. The first-order chi connectivity index (χ1) is 14.5. The van der Waals surface area contributed by atoms with Gasteiger partial charge in [0.05, 0.1) is 10.2 Å². The van der Waals surface area contributed by atoms with E-state index in [1.807, 2.05) is 48.5 Å². The van der Waals surface area contributed by atoms with Crippen molar-refractivity contribution >= 4 is 55.6 Å². The molecule has 1 aliphatic heterocycles. The highest BCUT2D eigenvalue weighted by Gasteiger charge is 2.34. The number of carbonyl (C=O) groups excluding carboxylic acids is 2. The van der Waals surface area contributed by atoms with Gasteiger partial charge in [0.15, 0.2) is 0 Å². The first-order valence-corrected chi connectivity index (χ1v) is 10.7. The molecule has 4 rings (SSSR count). The molecule has 0 spiro atoms. The van der Waals surface area contributed by atoms with Crippen LogP contribution in [0.15, 0.2) is 87.4 Å². The minimum absolute atomic E-state index is 0.222. The van der Waals surface area contributed by atoms with Crippen LogP contribution in [-0.4, -0.2) is 11.9 Å². The summed E-state index contributed by atoms with van der Waals surface area (Å²) < 4.78 is 7.65. The normalized spacial score (nSPS) is 14.9. The molecular weight excluding hydrogens is 512 g/mol. The molecule has 0 saturated carbocycles. The third-order valence-electron chi connectivity index (χ3n) is 4.47. The summed E-state index contributed by atoms with van der Waals surface area (Å²) in [6.45, 7) is 0.437. The van der Waals surface area contributed by atoms with E-state index in [9.17, 15) is 9.59 Å².